The van der Waals surface area contributed by atoms with Crippen molar-refractivity contribution in [3.63, 3.8) is 0 Å². The highest BCUT2D eigenvalue weighted by Gasteiger charge is 2.43. The number of hydrogen-bond acceptors (Lipinski definition) is 2. The Labute approximate surface area is 108 Å². The third kappa shape index (κ3) is 2.03. The second kappa shape index (κ2) is 4.73. The van der Waals surface area contributed by atoms with Crippen LogP contribution in [0.3, 0.4) is 0 Å². The summed E-state index contributed by atoms with van der Waals surface area (Å²) in [5.74, 6) is 1.60. The number of benzene rings is 1. The van der Waals surface area contributed by atoms with Gasteiger partial charge in [-0.25, -0.2) is 0 Å². The molecule has 3 nitrogen and oxygen atoms in total. The van der Waals surface area contributed by atoms with Crippen molar-refractivity contribution in [3.8, 4) is 0 Å². The Morgan fingerprint density at radius 1 is 1.33 bits per heavy atom. The molecule has 0 radical (unpaired) electrons. The van der Waals surface area contributed by atoms with Gasteiger partial charge in [-0.3, -0.25) is 4.79 Å². The first-order chi connectivity index (χ1) is 8.75. The summed E-state index contributed by atoms with van der Waals surface area (Å²) in [6, 6.07) is 10.4. The summed E-state index contributed by atoms with van der Waals surface area (Å²) in [5.41, 5.74) is 1.12. The van der Waals surface area contributed by atoms with Crippen molar-refractivity contribution in [3.05, 3.63) is 35.9 Å². The van der Waals surface area contributed by atoms with Crippen LogP contribution in [-0.4, -0.2) is 36.5 Å². The highest BCUT2D eigenvalue weighted by Crippen LogP contribution is 2.32. The molecule has 3 rings (SSSR count). The molecule has 2 fully saturated rings. The van der Waals surface area contributed by atoms with Crippen LogP contribution >= 0.6 is 0 Å². The van der Waals surface area contributed by atoms with Gasteiger partial charge >= 0.3 is 0 Å². The Bertz CT molecular complexity index is 431. The van der Waals surface area contributed by atoms with Gasteiger partial charge in [-0.15, -0.1) is 0 Å². The molecule has 0 aliphatic carbocycles. The van der Waals surface area contributed by atoms with Crippen molar-refractivity contribution in [1.29, 1.82) is 0 Å². The lowest BCUT2D eigenvalue weighted by molar-refractivity contribution is -0.131. The Morgan fingerprint density at radius 2 is 2.11 bits per heavy atom. The van der Waals surface area contributed by atoms with Gasteiger partial charge in [0.1, 0.15) is 0 Å². The van der Waals surface area contributed by atoms with E-state index >= 15 is 0 Å². The summed E-state index contributed by atoms with van der Waals surface area (Å²) in [4.78, 5) is 14.4. The average molecular weight is 244 g/mol. The molecule has 3 atom stereocenters. The average Bonchev–Trinajstić information content (AvgIpc) is 2.94. The van der Waals surface area contributed by atoms with Gasteiger partial charge < -0.3 is 10.2 Å². The van der Waals surface area contributed by atoms with E-state index in [-0.39, 0.29) is 5.91 Å². The zero-order valence-electron chi connectivity index (χ0n) is 10.8. The molecule has 2 saturated heterocycles. The van der Waals surface area contributed by atoms with Crippen molar-refractivity contribution in [1.82, 2.24) is 10.2 Å². The van der Waals surface area contributed by atoms with Crippen molar-refractivity contribution < 1.29 is 4.79 Å². The van der Waals surface area contributed by atoms with Gasteiger partial charge in [0.15, 0.2) is 0 Å². The smallest absolute Gasteiger partial charge is 0.227 e. The van der Waals surface area contributed by atoms with E-state index in [4.69, 9.17) is 0 Å². The molecule has 0 saturated carbocycles. The number of hydrogen-bond donors (Lipinski definition) is 1. The van der Waals surface area contributed by atoms with Gasteiger partial charge in [-0.05, 0) is 24.3 Å². The maximum Gasteiger partial charge on any atom is 0.227 e. The minimum Gasteiger partial charge on any atom is -0.339 e. The van der Waals surface area contributed by atoms with Crippen LogP contribution < -0.4 is 5.32 Å². The molecule has 2 aliphatic heterocycles. The molecule has 1 N–H and O–H groups in total. The van der Waals surface area contributed by atoms with E-state index in [0.29, 0.717) is 24.3 Å². The van der Waals surface area contributed by atoms with Crippen molar-refractivity contribution in [2.75, 3.05) is 19.6 Å². The molecule has 96 valence electrons. The van der Waals surface area contributed by atoms with Gasteiger partial charge in [0.05, 0.1) is 6.42 Å². The fourth-order valence-electron chi connectivity index (χ4n) is 3.37. The van der Waals surface area contributed by atoms with Crippen LogP contribution in [0.25, 0.3) is 0 Å². The van der Waals surface area contributed by atoms with E-state index in [1.165, 1.54) is 0 Å². The van der Waals surface area contributed by atoms with Crippen molar-refractivity contribution in [2.24, 2.45) is 11.8 Å². The molecule has 1 aromatic rings. The molecule has 0 aromatic heterocycles. The summed E-state index contributed by atoms with van der Waals surface area (Å²) in [6.07, 6.45) is 0.540. The molecule has 0 spiro atoms. The highest BCUT2D eigenvalue weighted by molar-refractivity contribution is 5.79. The molecule has 1 amide bonds. The number of nitrogens with one attached hydrogen (secondary N) is 1. The predicted octanol–water partition coefficient (Wildman–Crippen LogP) is 1.30. The Kier molecular flexibility index (Phi) is 3.08. The maximum absolute atomic E-state index is 12.4. The summed E-state index contributed by atoms with van der Waals surface area (Å²) in [6.45, 7) is 5.27. The summed E-state index contributed by atoms with van der Waals surface area (Å²) < 4.78 is 0. The van der Waals surface area contributed by atoms with E-state index in [1.807, 2.05) is 30.3 Å². The quantitative estimate of drug-likeness (QED) is 0.850. The van der Waals surface area contributed by atoms with E-state index in [0.717, 1.165) is 25.2 Å². The first kappa shape index (κ1) is 11.7. The Morgan fingerprint density at radius 3 is 2.83 bits per heavy atom. The van der Waals surface area contributed by atoms with Crippen LogP contribution in [0.2, 0.25) is 0 Å². The number of carbonyl (C=O) groups is 1. The molecule has 2 aliphatic rings. The van der Waals surface area contributed by atoms with Crippen molar-refractivity contribution in [2.45, 2.75) is 19.4 Å². The minimum absolute atomic E-state index is 0.281. The third-order valence-corrected chi connectivity index (χ3v) is 4.45. The normalized spacial score (nSPS) is 30.5. The SMILES string of the molecule is CC1C2CNCC2CN1C(=O)Cc1ccccc1. The fraction of sp³-hybridized carbons (Fsp3) is 0.533. The first-order valence-electron chi connectivity index (χ1n) is 6.80. The zero-order valence-corrected chi connectivity index (χ0v) is 10.8. The number of likely N-dealkylation sites (tertiary alicyclic amines) is 1. The van der Waals surface area contributed by atoms with Crippen LogP contribution in [-0.2, 0) is 11.2 Å². The van der Waals surface area contributed by atoms with Gasteiger partial charge in [0, 0.05) is 25.7 Å². The number of amides is 1. The lowest BCUT2D eigenvalue weighted by Crippen LogP contribution is -2.38. The Hall–Kier alpha value is -1.35. The van der Waals surface area contributed by atoms with E-state index in [9.17, 15) is 4.79 Å². The second-order valence-corrected chi connectivity index (χ2v) is 5.53. The maximum atomic E-state index is 12.4. The summed E-state index contributed by atoms with van der Waals surface area (Å²) in [5, 5.41) is 3.43. The van der Waals surface area contributed by atoms with Crippen LogP contribution in [0.15, 0.2) is 30.3 Å². The van der Waals surface area contributed by atoms with E-state index in [2.05, 4.69) is 17.1 Å². The number of carbonyl (C=O) groups excluding carboxylic acids is 1. The van der Waals surface area contributed by atoms with Crippen molar-refractivity contribution >= 4 is 5.91 Å². The summed E-state index contributed by atoms with van der Waals surface area (Å²) >= 11 is 0. The molecule has 1 aromatic carbocycles. The second-order valence-electron chi connectivity index (χ2n) is 5.53. The Balaban J connectivity index is 1.67. The van der Waals surface area contributed by atoms with Crippen LogP contribution in [0, 0.1) is 11.8 Å². The van der Waals surface area contributed by atoms with Gasteiger partial charge in [0.25, 0.3) is 0 Å². The van der Waals surface area contributed by atoms with Crippen LogP contribution in [0.4, 0.5) is 0 Å². The minimum atomic E-state index is 0.281. The molecular formula is C15H20N2O. The standard InChI is InChI=1S/C15H20N2O/c1-11-14-9-16-8-13(14)10-17(11)15(18)7-12-5-3-2-4-6-12/h2-6,11,13-14,16H,7-10H2,1H3. The van der Waals surface area contributed by atoms with Gasteiger partial charge in [-0.1, -0.05) is 30.3 Å². The topological polar surface area (TPSA) is 32.3 Å². The van der Waals surface area contributed by atoms with E-state index < -0.39 is 0 Å². The van der Waals surface area contributed by atoms with Gasteiger partial charge in [0.2, 0.25) is 5.91 Å². The lowest BCUT2D eigenvalue weighted by Gasteiger charge is -2.24. The molecule has 3 unspecified atom stereocenters. The number of nitrogens with zero attached hydrogens (tertiary/aromatic N) is 1. The lowest BCUT2D eigenvalue weighted by atomic mass is 9.95. The van der Waals surface area contributed by atoms with Crippen LogP contribution in [0.1, 0.15) is 12.5 Å². The highest BCUT2D eigenvalue weighted by atomic mass is 16.2. The number of fused-ring (bicyclic) bond motifs is 1. The zero-order chi connectivity index (χ0) is 12.5. The monoisotopic (exact) mass is 244 g/mol. The summed E-state index contributed by atoms with van der Waals surface area (Å²) in [7, 11) is 0. The molecule has 0 bridgehead atoms. The number of rotatable bonds is 2. The largest absolute Gasteiger partial charge is 0.339 e. The molecule has 2 heterocycles. The predicted molar refractivity (Wildman–Crippen MR) is 71.2 cm³/mol. The molecule has 3 heteroatoms. The molecular weight excluding hydrogens is 224 g/mol. The third-order valence-electron chi connectivity index (χ3n) is 4.45. The first-order valence-corrected chi connectivity index (χ1v) is 6.80. The fourth-order valence-corrected chi connectivity index (χ4v) is 3.37. The van der Waals surface area contributed by atoms with Crippen LogP contribution in [0.5, 0.6) is 0 Å². The van der Waals surface area contributed by atoms with Gasteiger partial charge in [-0.2, -0.15) is 0 Å². The van der Waals surface area contributed by atoms with E-state index in [1.54, 1.807) is 0 Å². The molecule has 18 heavy (non-hydrogen) atoms.